The molecule has 2 atom stereocenters. The van der Waals surface area contributed by atoms with Gasteiger partial charge in [0.25, 0.3) is 11.8 Å². The molecule has 0 unspecified atom stereocenters. The molecule has 0 radical (unpaired) electrons. The van der Waals surface area contributed by atoms with Gasteiger partial charge in [0.05, 0.1) is 12.8 Å². The zero-order chi connectivity index (χ0) is 18.9. The average Bonchev–Trinajstić information content (AvgIpc) is 2.61. The second-order valence-corrected chi connectivity index (χ2v) is 6.71. The summed E-state index contributed by atoms with van der Waals surface area (Å²) >= 11 is 5.90. The van der Waals surface area contributed by atoms with E-state index >= 15 is 0 Å². The van der Waals surface area contributed by atoms with Crippen molar-refractivity contribution in [2.45, 2.75) is 38.6 Å². The van der Waals surface area contributed by atoms with Crippen LogP contribution in [0.4, 0.5) is 5.69 Å². The number of benzene rings is 1. The van der Waals surface area contributed by atoms with Crippen LogP contribution in [-0.2, 0) is 14.4 Å². The van der Waals surface area contributed by atoms with Gasteiger partial charge in [-0.05, 0) is 37.0 Å². The highest BCUT2D eigenvalue weighted by Crippen LogP contribution is 2.27. The number of nitrogens with one attached hydrogen (secondary N) is 2. The van der Waals surface area contributed by atoms with Crippen LogP contribution in [-0.4, -0.2) is 37.8 Å². The molecule has 0 heterocycles. The molecule has 0 aliphatic heterocycles. The van der Waals surface area contributed by atoms with Crippen LogP contribution in [0.5, 0.6) is 5.75 Å². The first-order chi connectivity index (χ1) is 12.5. The molecule has 2 N–H and O–H groups in total. The smallest absolute Gasteiger partial charge is 0.270 e. The Labute approximate surface area is 158 Å². The number of hydrogen-bond acceptors (Lipinski definition) is 5. The summed E-state index contributed by atoms with van der Waals surface area (Å²) in [5, 5.41) is 9.52. The number of carbonyl (C=O) groups excluding carboxylic acids is 2. The maximum absolute atomic E-state index is 11.9. The molecular formula is C18H24ClN3O4. The zero-order valence-corrected chi connectivity index (χ0v) is 15.7. The van der Waals surface area contributed by atoms with Crippen molar-refractivity contribution >= 4 is 35.3 Å². The molecule has 0 spiro atoms. The minimum absolute atomic E-state index is 0.183. The normalized spacial score (nSPS) is 19.8. The molecule has 1 aliphatic carbocycles. The number of hydrogen-bond donors (Lipinski definition) is 2. The van der Waals surface area contributed by atoms with Crippen molar-refractivity contribution in [2.24, 2.45) is 11.1 Å². The van der Waals surface area contributed by atoms with E-state index in [-0.39, 0.29) is 18.6 Å². The fraction of sp³-hybridized carbons (Fsp3) is 0.500. The lowest BCUT2D eigenvalue weighted by Crippen LogP contribution is -2.42. The summed E-state index contributed by atoms with van der Waals surface area (Å²) in [7, 11) is 1.49. The minimum Gasteiger partial charge on any atom is -0.495 e. The van der Waals surface area contributed by atoms with Crippen LogP contribution in [0, 0.1) is 5.92 Å². The van der Waals surface area contributed by atoms with E-state index < -0.39 is 5.91 Å². The van der Waals surface area contributed by atoms with Crippen molar-refractivity contribution in [1.82, 2.24) is 5.32 Å². The van der Waals surface area contributed by atoms with Crippen LogP contribution in [0.1, 0.15) is 32.6 Å². The van der Waals surface area contributed by atoms with Crippen molar-refractivity contribution < 1.29 is 19.2 Å². The highest BCUT2D eigenvalue weighted by atomic mass is 35.5. The van der Waals surface area contributed by atoms with Gasteiger partial charge in [-0.15, -0.1) is 0 Å². The first-order valence-electron chi connectivity index (χ1n) is 8.59. The van der Waals surface area contributed by atoms with E-state index in [4.69, 9.17) is 21.2 Å². The predicted octanol–water partition coefficient (Wildman–Crippen LogP) is 2.98. The van der Waals surface area contributed by atoms with E-state index in [0.717, 1.165) is 25.5 Å². The number of rotatable bonds is 7. The molecule has 142 valence electrons. The van der Waals surface area contributed by atoms with Crippen LogP contribution in [0.2, 0.25) is 5.02 Å². The van der Waals surface area contributed by atoms with E-state index in [9.17, 15) is 9.59 Å². The van der Waals surface area contributed by atoms with Crippen LogP contribution >= 0.6 is 11.6 Å². The fourth-order valence-corrected chi connectivity index (χ4v) is 3.08. The number of nitrogens with zero attached hydrogens (tertiary/aromatic N) is 1. The van der Waals surface area contributed by atoms with Gasteiger partial charge in [-0.1, -0.05) is 36.5 Å². The number of amides is 2. The zero-order valence-electron chi connectivity index (χ0n) is 15.0. The van der Waals surface area contributed by atoms with Gasteiger partial charge in [0.15, 0.2) is 6.61 Å². The average molecular weight is 382 g/mol. The highest BCUT2D eigenvalue weighted by molar-refractivity contribution is 6.33. The van der Waals surface area contributed by atoms with Crippen LogP contribution in [0.15, 0.2) is 23.4 Å². The maximum Gasteiger partial charge on any atom is 0.270 e. The number of halogens is 1. The third kappa shape index (κ3) is 6.22. The lowest BCUT2D eigenvalue weighted by Gasteiger charge is -2.29. The van der Waals surface area contributed by atoms with Gasteiger partial charge in [0.1, 0.15) is 12.0 Å². The Bertz CT molecular complexity index is 666. The number of anilines is 1. The molecular weight excluding hydrogens is 358 g/mol. The van der Waals surface area contributed by atoms with Gasteiger partial charge in [0, 0.05) is 11.1 Å². The summed E-state index contributed by atoms with van der Waals surface area (Å²) in [4.78, 5) is 28.6. The third-order valence-electron chi connectivity index (χ3n) is 4.32. The molecule has 1 aromatic carbocycles. The predicted molar refractivity (Wildman–Crippen MR) is 101 cm³/mol. The first-order valence-corrected chi connectivity index (χ1v) is 8.96. The molecule has 2 amide bonds. The monoisotopic (exact) mass is 381 g/mol. The van der Waals surface area contributed by atoms with Gasteiger partial charge < -0.3 is 20.2 Å². The number of carbonyl (C=O) groups is 2. The van der Waals surface area contributed by atoms with Gasteiger partial charge in [-0.25, -0.2) is 0 Å². The van der Waals surface area contributed by atoms with Gasteiger partial charge >= 0.3 is 0 Å². The molecule has 1 saturated carbocycles. The van der Waals surface area contributed by atoms with Crippen molar-refractivity contribution in [3.05, 3.63) is 23.2 Å². The van der Waals surface area contributed by atoms with Gasteiger partial charge in [0.2, 0.25) is 0 Å². The first kappa shape index (κ1) is 20.0. The SMILES string of the molecule is COc1ccc(Cl)cc1NC(=O)/C=N\OCC(=O)N[C@@H]1CCCC[C@@H]1C. The molecule has 26 heavy (non-hydrogen) atoms. The second kappa shape index (κ2) is 10.0. The Morgan fingerprint density at radius 2 is 2.12 bits per heavy atom. The quantitative estimate of drug-likeness (QED) is 0.561. The molecule has 7 nitrogen and oxygen atoms in total. The molecule has 0 bridgehead atoms. The summed E-state index contributed by atoms with van der Waals surface area (Å²) in [6.45, 7) is 1.91. The van der Waals surface area contributed by atoms with Crippen molar-refractivity contribution in [1.29, 1.82) is 0 Å². The van der Waals surface area contributed by atoms with Crippen LogP contribution < -0.4 is 15.4 Å². The Hall–Kier alpha value is -2.28. The number of ether oxygens (including phenoxy) is 1. The van der Waals surface area contributed by atoms with Crippen molar-refractivity contribution in [3.63, 3.8) is 0 Å². The molecule has 1 fully saturated rings. The molecule has 1 aliphatic rings. The van der Waals surface area contributed by atoms with Gasteiger partial charge in [-0.2, -0.15) is 0 Å². The molecule has 1 aromatic rings. The lowest BCUT2D eigenvalue weighted by atomic mass is 9.86. The summed E-state index contributed by atoms with van der Waals surface area (Å²) in [5.74, 6) is 0.178. The summed E-state index contributed by atoms with van der Waals surface area (Å²) < 4.78 is 5.14. The Morgan fingerprint density at radius 3 is 2.85 bits per heavy atom. The summed E-state index contributed by atoms with van der Waals surface area (Å²) in [6.07, 6.45) is 5.40. The number of oxime groups is 1. The molecule has 0 aromatic heterocycles. The van der Waals surface area contributed by atoms with E-state index in [2.05, 4.69) is 22.7 Å². The van der Waals surface area contributed by atoms with E-state index in [1.165, 1.54) is 13.5 Å². The van der Waals surface area contributed by atoms with Crippen LogP contribution in [0.3, 0.4) is 0 Å². The standard InChI is InChI=1S/C18H24ClN3O4/c1-12-5-3-4-6-14(12)21-18(24)11-26-20-10-17(23)22-15-9-13(19)7-8-16(15)25-2/h7-10,12,14H,3-6,11H2,1-2H3,(H,21,24)(H,22,23)/b20-10-/t12-,14+/m0/s1. The molecule has 0 saturated heterocycles. The Morgan fingerprint density at radius 1 is 1.35 bits per heavy atom. The van der Waals surface area contributed by atoms with Crippen molar-refractivity contribution in [2.75, 3.05) is 19.0 Å². The molecule has 8 heteroatoms. The van der Waals surface area contributed by atoms with E-state index in [0.29, 0.717) is 22.4 Å². The van der Waals surface area contributed by atoms with E-state index in [1.807, 2.05) is 0 Å². The van der Waals surface area contributed by atoms with E-state index in [1.54, 1.807) is 18.2 Å². The van der Waals surface area contributed by atoms with Gasteiger partial charge in [-0.3, -0.25) is 9.59 Å². The summed E-state index contributed by atoms with van der Waals surface area (Å²) in [6, 6.07) is 5.04. The largest absolute Gasteiger partial charge is 0.495 e. The minimum atomic E-state index is -0.521. The number of methoxy groups -OCH3 is 1. The summed E-state index contributed by atoms with van der Waals surface area (Å²) in [5.41, 5.74) is 0.417. The van der Waals surface area contributed by atoms with Crippen molar-refractivity contribution in [3.8, 4) is 5.75 Å². The molecule has 2 rings (SSSR count). The Balaban J connectivity index is 1.75. The lowest BCUT2D eigenvalue weighted by molar-refractivity contribution is -0.127. The maximum atomic E-state index is 11.9. The topological polar surface area (TPSA) is 89.0 Å². The van der Waals surface area contributed by atoms with Crippen LogP contribution in [0.25, 0.3) is 0 Å². The third-order valence-corrected chi connectivity index (χ3v) is 4.55. The second-order valence-electron chi connectivity index (χ2n) is 6.28. The highest BCUT2D eigenvalue weighted by Gasteiger charge is 2.22. The fourth-order valence-electron chi connectivity index (χ4n) is 2.90. The Kier molecular flexibility index (Phi) is 7.72.